The van der Waals surface area contributed by atoms with Crippen molar-refractivity contribution in [3.8, 4) is 11.3 Å². The van der Waals surface area contributed by atoms with Gasteiger partial charge in [0.1, 0.15) is 11.6 Å². The van der Waals surface area contributed by atoms with E-state index >= 15 is 0 Å². The van der Waals surface area contributed by atoms with E-state index in [1.165, 1.54) is 12.1 Å². The van der Waals surface area contributed by atoms with Crippen molar-refractivity contribution in [2.45, 2.75) is 19.9 Å². The first-order valence-electron chi connectivity index (χ1n) is 9.32. The maximum absolute atomic E-state index is 14.0. The zero-order chi connectivity index (χ0) is 19.4. The van der Waals surface area contributed by atoms with Crippen molar-refractivity contribution in [3.63, 3.8) is 0 Å². The Balaban J connectivity index is 2.08. The average Bonchev–Trinajstić information content (AvgIpc) is 3.02. The summed E-state index contributed by atoms with van der Waals surface area (Å²) >= 11 is 0. The molecule has 0 atom stereocenters. The van der Waals surface area contributed by atoms with Crippen molar-refractivity contribution < 1.29 is 8.78 Å². The molecular formula is C24H18F2N2. The van der Waals surface area contributed by atoms with E-state index in [9.17, 15) is 8.78 Å². The molecule has 0 unspecified atom stereocenters. The lowest BCUT2D eigenvalue weighted by molar-refractivity contribution is 0.584. The number of hydrogen-bond donors (Lipinski definition) is 0. The molecule has 0 amide bonds. The van der Waals surface area contributed by atoms with Gasteiger partial charge >= 0.3 is 0 Å². The number of fused-ring (bicyclic) bond motifs is 5. The van der Waals surface area contributed by atoms with E-state index in [4.69, 9.17) is 4.98 Å². The molecule has 0 N–H and O–H groups in total. The lowest BCUT2D eigenvalue weighted by atomic mass is 10.0. The summed E-state index contributed by atoms with van der Waals surface area (Å²) in [6, 6.07) is 19.9. The fraction of sp³-hybridized carbons (Fsp3) is 0.125. The van der Waals surface area contributed by atoms with Gasteiger partial charge in [0, 0.05) is 39.3 Å². The normalized spacial score (nSPS) is 11.9. The van der Waals surface area contributed by atoms with Gasteiger partial charge in [0.15, 0.2) is 0 Å². The third kappa shape index (κ3) is 2.41. The molecule has 2 nitrogen and oxygen atoms in total. The largest absolute Gasteiger partial charge is 0.336 e. The van der Waals surface area contributed by atoms with E-state index < -0.39 is 11.6 Å². The molecule has 4 heteroatoms. The van der Waals surface area contributed by atoms with E-state index in [2.05, 4.69) is 36.6 Å². The minimum atomic E-state index is -0.606. The highest BCUT2D eigenvalue weighted by Gasteiger charge is 2.21. The van der Waals surface area contributed by atoms with Crippen LogP contribution in [0.3, 0.4) is 0 Å². The number of rotatable bonds is 2. The smallest absolute Gasteiger partial charge is 0.126 e. The Morgan fingerprint density at radius 2 is 1.46 bits per heavy atom. The molecule has 0 radical (unpaired) electrons. The Morgan fingerprint density at radius 3 is 2.18 bits per heavy atom. The van der Waals surface area contributed by atoms with Gasteiger partial charge in [0.25, 0.3) is 0 Å². The van der Waals surface area contributed by atoms with Crippen LogP contribution in [-0.2, 0) is 0 Å². The fourth-order valence-corrected chi connectivity index (χ4v) is 4.15. The number of para-hydroxylation sites is 2. The first kappa shape index (κ1) is 16.9. The standard InChI is InChI=1S/C24H18F2N2/c1-14(2)28-21-10-6-4-8-19(21)22-18-7-3-5-9-20(18)27-23(24(22)28)15-11-16(25)13-17(26)12-15/h3-14H,1-2H3. The molecule has 0 saturated heterocycles. The first-order chi connectivity index (χ1) is 13.5. The van der Waals surface area contributed by atoms with Crippen molar-refractivity contribution in [2.24, 2.45) is 0 Å². The van der Waals surface area contributed by atoms with Crippen LogP contribution in [0, 0.1) is 11.6 Å². The quantitative estimate of drug-likeness (QED) is 0.331. The topological polar surface area (TPSA) is 17.8 Å². The SMILES string of the molecule is CC(C)n1c2ccccc2c2c3ccccc3nc(-c3cc(F)cc(F)c3)c21. The lowest BCUT2D eigenvalue weighted by Gasteiger charge is -2.15. The molecule has 2 aromatic heterocycles. The van der Waals surface area contributed by atoms with E-state index in [1.807, 2.05) is 30.3 Å². The summed E-state index contributed by atoms with van der Waals surface area (Å²) in [5.41, 5.74) is 3.83. The zero-order valence-electron chi connectivity index (χ0n) is 15.6. The Kier molecular flexibility index (Phi) is 3.69. The second kappa shape index (κ2) is 6.13. The molecule has 0 fully saturated rings. The van der Waals surface area contributed by atoms with E-state index in [0.717, 1.165) is 38.8 Å². The van der Waals surface area contributed by atoms with Crippen LogP contribution in [0.25, 0.3) is 44.0 Å². The fourth-order valence-electron chi connectivity index (χ4n) is 4.15. The Bertz CT molecular complexity index is 1350. The predicted octanol–water partition coefficient (Wildman–Crippen LogP) is 6.87. The summed E-state index contributed by atoms with van der Waals surface area (Å²) in [6.07, 6.45) is 0. The second-order valence-electron chi connectivity index (χ2n) is 7.34. The molecule has 0 saturated carbocycles. The average molecular weight is 372 g/mol. The van der Waals surface area contributed by atoms with Crippen LogP contribution in [-0.4, -0.2) is 9.55 Å². The van der Waals surface area contributed by atoms with Gasteiger partial charge in [-0.05, 0) is 38.1 Å². The predicted molar refractivity (Wildman–Crippen MR) is 110 cm³/mol. The Labute approximate surface area is 161 Å². The highest BCUT2D eigenvalue weighted by molar-refractivity contribution is 6.22. The van der Waals surface area contributed by atoms with E-state index in [-0.39, 0.29) is 6.04 Å². The molecule has 0 aliphatic heterocycles. The van der Waals surface area contributed by atoms with Gasteiger partial charge in [0.05, 0.1) is 16.7 Å². The highest BCUT2D eigenvalue weighted by Crippen LogP contribution is 2.40. The monoisotopic (exact) mass is 372 g/mol. The van der Waals surface area contributed by atoms with Crippen molar-refractivity contribution in [3.05, 3.63) is 78.4 Å². The van der Waals surface area contributed by atoms with Crippen molar-refractivity contribution >= 4 is 32.7 Å². The van der Waals surface area contributed by atoms with Crippen LogP contribution in [0.2, 0.25) is 0 Å². The second-order valence-corrected chi connectivity index (χ2v) is 7.34. The number of halogens is 2. The molecule has 28 heavy (non-hydrogen) atoms. The maximum Gasteiger partial charge on any atom is 0.126 e. The molecule has 138 valence electrons. The minimum absolute atomic E-state index is 0.155. The van der Waals surface area contributed by atoms with Gasteiger partial charge in [-0.1, -0.05) is 36.4 Å². The number of nitrogens with zero attached hydrogens (tertiary/aromatic N) is 2. The molecule has 5 aromatic rings. The Hall–Kier alpha value is -3.27. The summed E-state index contributed by atoms with van der Waals surface area (Å²) in [4.78, 5) is 4.84. The number of aromatic nitrogens is 2. The van der Waals surface area contributed by atoms with Crippen molar-refractivity contribution in [1.29, 1.82) is 0 Å². The molecule has 0 aliphatic carbocycles. The van der Waals surface area contributed by atoms with Crippen LogP contribution in [0.5, 0.6) is 0 Å². The van der Waals surface area contributed by atoms with E-state index in [0.29, 0.717) is 11.3 Å². The summed E-state index contributed by atoms with van der Waals surface area (Å²) < 4.78 is 30.2. The summed E-state index contributed by atoms with van der Waals surface area (Å²) in [5, 5.41) is 3.21. The molecule has 0 spiro atoms. The molecule has 2 heterocycles. The van der Waals surface area contributed by atoms with Gasteiger partial charge in [-0.15, -0.1) is 0 Å². The molecular weight excluding hydrogens is 354 g/mol. The minimum Gasteiger partial charge on any atom is -0.336 e. The Morgan fingerprint density at radius 1 is 0.821 bits per heavy atom. The van der Waals surface area contributed by atoms with Gasteiger partial charge in [-0.2, -0.15) is 0 Å². The van der Waals surface area contributed by atoms with E-state index in [1.54, 1.807) is 0 Å². The van der Waals surface area contributed by atoms with Crippen LogP contribution in [0.4, 0.5) is 8.78 Å². The maximum atomic E-state index is 14.0. The van der Waals surface area contributed by atoms with Crippen LogP contribution in [0.15, 0.2) is 66.7 Å². The number of hydrogen-bond acceptors (Lipinski definition) is 1. The zero-order valence-corrected chi connectivity index (χ0v) is 15.6. The third-order valence-electron chi connectivity index (χ3n) is 5.19. The summed E-state index contributed by atoms with van der Waals surface area (Å²) in [7, 11) is 0. The molecule has 5 rings (SSSR count). The molecule has 3 aromatic carbocycles. The van der Waals surface area contributed by atoms with Gasteiger partial charge in [-0.25, -0.2) is 13.8 Å². The summed E-state index contributed by atoms with van der Waals surface area (Å²) in [5.74, 6) is -1.21. The number of pyridine rings is 1. The summed E-state index contributed by atoms with van der Waals surface area (Å²) in [6.45, 7) is 4.22. The number of benzene rings is 3. The highest BCUT2D eigenvalue weighted by atomic mass is 19.1. The van der Waals surface area contributed by atoms with Gasteiger partial charge < -0.3 is 4.57 Å². The van der Waals surface area contributed by atoms with Crippen LogP contribution >= 0.6 is 0 Å². The van der Waals surface area contributed by atoms with Crippen LogP contribution < -0.4 is 0 Å². The lowest BCUT2D eigenvalue weighted by Crippen LogP contribution is -2.02. The first-order valence-corrected chi connectivity index (χ1v) is 9.32. The molecule has 0 aliphatic rings. The van der Waals surface area contributed by atoms with Gasteiger partial charge in [0.2, 0.25) is 0 Å². The van der Waals surface area contributed by atoms with Crippen molar-refractivity contribution in [1.82, 2.24) is 9.55 Å². The molecule has 0 bridgehead atoms. The van der Waals surface area contributed by atoms with Gasteiger partial charge in [-0.3, -0.25) is 0 Å². The van der Waals surface area contributed by atoms with Crippen molar-refractivity contribution in [2.75, 3.05) is 0 Å². The van der Waals surface area contributed by atoms with Crippen LogP contribution in [0.1, 0.15) is 19.9 Å². The third-order valence-corrected chi connectivity index (χ3v) is 5.19.